The Morgan fingerprint density at radius 1 is 1.45 bits per heavy atom. The summed E-state index contributed by atoms with van der Waals surface area (Å²) in [5, 5.41) is 3.39. The molecule has 0 aromatic heterocycles. The first-order valence-electron chi connectivity index (χ1n) is 7.85. The van der Waals surface area contributed by atoms with Crippen molar-refractivity contribution < 1.29 is 4.74 Å². The molecular formula is C18H29N3O. The third-order valence-corrected chi connectivity index (χ3v) is 3.20. The number of hydrogen-bond donors (Lipinski definition) is 1. The molecule has 1 aromatic carbocycles. The van der Waals surface area contributed by atoms with Crippen molar-refractivity contribution in [2.45, 2.75) is 39.3 Å². The second kappa shape index (κ2) is 9.87. The zero-order valence-electron chi connectivity index (χ0n) is 14.3. The largest absolute Gasteiger partial charge is 0.491 e. The Morgan fingerprint density at radius 3 is 2.86 bits per heavy atom. The highest BCUT2D eigenvalue weighted by molar-refractivity contribution is 5.79. The molecule has 4 nitrogen and oxygen atoms in total. The maximum Gasteiger partial charge on any atom is 0.193 e. The predicted octanol–water partition coefficient (Wildman–Crippen LogP) is 3.45. The number of aliphatic imine (C=N–C) groups is 1. The Balaban J connectivity index is 2.54. The van der Waals surface area contributed by atoms with E-state index in [1.54, 1.807) is 0 Å². The summed E-state index contributed by atoms with van der Waals surface area (Å²) in [5.74, 6) is 1.81. The zero-order valence-corrected chi connectivity index (χ0v) is 14.3. The first-order valence-corrected chi connectivity index (χ1v) is 7.85. The molecule has 0 saturated carbocycles. The molecule has 0 aliphatic carbocycles. The van der Waals surface area contributed by atoms with E-state index in [1.165, 1.54) is 5.56 Å². The molecule has 0 spiro atoms. The summed E-state index contributed by atoms with van der Waals surface area (Å²) in [6.07, 6.45) is 4.24. The zero-order chi connectivity index (χ0) is 16.4. The van der Waals surface area contributed by atoms with Gasteiger partial charge in [-0.1, -0.05) is 18.2 Å². The second-order valence-corrected chi connectivity index (χ2v) is 5.57. The Morgan fingerprint density at radius 2 is 2.23 bits per heavy atom. The molecule has 1 N–H and O–H groups in total. The average molecular weight is 303 g/mol. The van der Waals surface area contributed by atoms with Crippen LogP contribution in [-0.2, 0) is 6.54 Å². The van der Waals surface area contributed by atoms with Crippen LogP contribution in [0.4, 0.5) is 0 Å². The van der Waals surface area contributed by atoms with Gasteiger partial charge in [0.05, 0.1) is 6.10 Å². The van der Waals surface area contributed by atoms with Crippen molar-refractivity contribution in [3.05, 3.63) is 42.5 Å². The quantitative estimate of drug-likeness (QED) is 0.346. The summed E-state index contributed by atoms with van der Waals surface area (Å²) < 4.78 is 5.72. The number of hydrogen-bond acceptors (Lipinski definition) is 2. The van der Waals surface area contributed by atoms with Gasteiger partial charge in [-0.15, -0.1) is 6.58 Å². The fraction of sp³-hybridized carbons (Fsp3) is 0.500. The fourth-order valence-electron chi connectivity index (χ4n) is 2.15. The molecule has 0 unspecified atom stereocenters. The summed E-state index contributed by atoms with van der Waals surface area (Å²) in [6, 6.07) is 8.16. The molecule has 4 heteroatoms. The number of benzene rings is 1. The van der Waals surface area contributed by atoms with Crippen molar-refractivity contribution >= 4 is 5.96 Å². The SMILES string of the molecule is C=CCCCN(C)C(=NC)NCc1cccc(OC(C)C)c1. The van der Waals surface area contributed by atoms with E-state index in [2.05, 4.69) is 41.0 Å². The molecule has 0 atom stereocenters. The van der Waals surface area contributed by atoms with E-state index in [0.717, 1.165) is 37.6 Å². The van der Waals surface area contributed by atoms with Gasteiger partial charge in [-0.25, -0.2) is 0 Å². The summed E-state index contributed by atoms with van der Waals surface area (Å²) in [4.78, 5) is 6.46. The lowest BCUT2D eigenvalue weighted by molar-refractivity contribution is 0.242. The van der Waals surface area contributed by atoms with Crippen molar-refractivity contribution in [2.75, 3.05) is 20.6 Å². The summed E-state index contributed by atoms with van der Waals surface area (Å²) in [6.45, 7) is 9.51. The maximum absolute atomic E-state index is 5.72. The van der Waals surface area contributed by atoms with E-state index >= 15 is 0 Å². The molecule has 0 amide bonds. The highest BCUT2D eigenvalue weighted by atomic mass is 16.5. The molecular weight excluding hydrogens is 274 g/mol. The normalized spacial score (nSPS) is 11.4. The number of allylic oxidation sites excluding steroid dienone is 1. The molecule has 1 rings (SSSR count). The lowest BCUT2D eigenvalue weighted by atomic mass is 10.2. The minimum Gasteiger partial charge on any atom is -0.491 e. The van der Waals surface area contributed by atoms with Gasteiger partial charge in [0.2, 0.25) is 0 Å². The van der Waals surface area contributed by atoms with Gasteiger partial charge >= 0.3 is 0 Å². The lowest BCUT2D eigenvalue weighted by Gasteiger charge is -2.22. The van der Waals surface area contributed by atoms with Crippen LogP contribution in [0.3, 0.4) is 0 Å². The average Bonchev–Trinajstić information content (AvgIpc) is 2.48. The number of unbranched alkanes of at least 4 members (excludes halogenated alkanes) is 1. The molecule has 0 heterocycles. The van der Waals surface area contributed by atoms with Crippen LogP contribution in [0.15, 0.2) is 41.9 Å². The smallest absolute Gasteiger partial charge is 0.193 e. The Bertz CT molecular complexity index is 483. The van der Waals surface area contributed by atoms with Crippen LogP contribution in [0.25, 0.3) is 0 Å². The number of nitrogens with one attached hydrogen (secondary N) is 1. The number of nitrogens with zero attached hydrogens (tertiary/aromatic N) is 2. The van der Waals surface area contributed by atoms with Crippen LogP contribution in [0.1, 0.15) is 32.3 Å². The Kier molecular flexibility index (Phi) is 8.11. The second-order valence-electron chi connectivity index (χ2n) is 5.57. The highest BCUT2D eigenvalue weighted by Crippen LogP contribution is 2.14. The molecule has 122 valence electrons. The highest BCUT2D eigenvalue weighted by Gasteiger charge is 2.05. The third kappa shape index (κ3) is 6.66. The minimum absolute atomic E-state index is 0.187. The van der Waals surface area contributed by atoms with E-state index in [0.29, 0.717) is 0 Å². The molecule has 0 bridgehead atoms. The van der Waals surface area contributed by atoms with Crippen molar-refractivity contribution in [1.29, 1.82) is 0 Å². The van der Waals surface area contributed by atoms with Crippen molar-refractivity contribution in [2.24, 2.45) is 4.99 Å². The van der Waals surface area contributed by atoms with Crippen molar-refractivity contribution in [3.63, 3.8) is 0 Å². The van der Waals surface area contributed by atoms with Gasteiger partial charge in [0, 0.05) is 27.2 Å². The first kappa shape index (κ1) is 18.1. The van der Waals surface area contributed by atoms with Gasteiger partial charge in [-0.05, 0) is 44.4 Å². The lowest BCUT2D eigenvalue weighted by Crippen LogP contribution is -2.38. The van der Waals surface area contributed by atoms with Crippen molar-refractivity contribution in [1.82, 2.24) is 10.2 Å². The first-order chi connectivity index (χ1) is 10.6. The van der Waals surface area contributed by atoms with Gasteiger partial charge in [0.1, 0.15) is 5.75 Å². The maximum atomic E-state index is 5.72. The number of rotatable bonds is 8. The molecule has 0 aliphatic heterocycles. The van der Waals surface area contributed by atoms with Gasteiger partial charge in [0.25, 0.3) is 0 Å². The van der Waals surface area contributed by atoms with Crippen LogP contribution < -0.4 is 10.1 Å². The number of guanidine groups is 1. The van der Waals surface area contributed by atoms with Crippen LogP contribution in [0, 0.1) is 0 Å². The fourth-order valence-corrected chi connectivity index (χ4v) is 2.15. The Labute approximate surface area is 134 Å². The van der Waals surface area contributed by atoms with Gasteiger partial charge in [-0.3, -0.25) is 4.99 Å². The summed E-state index contributed by atoms with van der Waals surface area (Å²) in [5.41, 5.74) is 1.18. The van der Waals surface area contributed by atoms with Crippen LogP contribution in [-0.4, -0.2) is 37.6 Å². The molecule has 0 radical (unpaired) electrons. The standard InChI is InChI=1S/C18H29N3O/c1-6-7-8-12-21(5)18(19-4)20-14-16-10-9-11-17(13-16)22-15(2)3/h6,9-11,13,15H,1,7-8,12,14H2,2-5H3,(H,19,20). The van der Waals surface area contributed by atoms with Crippen LogP contribution in [0.2, 0.25) is 0 Å². The molecule has 0 fully saturated rings. The van der Waals surface area contributed by atoms with E-state index < -0.39 is 0 Å². The molecule has 22 heavy (non-hydrogen) atoms. The molecule has 0 saturated heterocycles. The summed E-state index contributed by atoms with van der Waals surface area (Å²) >= 11 is 0. The molecule has 1 aromatic rings. The van der Waals surface area contributed by atoms with Gasteiger partial charge in [0.15, 0.2) is 5.96 Å². The van der Waals surface area contributed by atoms with E-state index in [-0.39, 0.29) is 6.10 Å². The minimum atomic E-state index is 0.187. The Hall–Kier alpha value is -1.97. The summed E-state index contributed by atoms with van der Waals surface area (Å²) in [7, 11) is 3.86. The van der Waals surface area contributed by atoms with Crippen molar-refractivity contribution in [3.8, 4) is 5.75 Å². The van der Waals surface area contributed by atoms with Gasteiger partial charge in [-0.2, -0.15) is 0 Å². The monoisotopic (exact) mass is 303 g/mol. The van der Waals surface area contributed by atoms with Crippen LogP contribution in [0.5, 0.6) is 5.75 Å². The third-order valence-electron chi connectivity index (χ3n) is 3.20. The van der Waals surface area contributed by atoms with E-state index in [9.17, 15) is 0 Å². The van der Waals surface area contributed by atoms with E-state index in [1.807, 2.05) is 39.1 Å². The van der Waals surface area contributed by atoms with E-state index in [4.69, 9.17) is 4.74 Å². The predicted molar refractivity (Wildman–Crippen MR) is 94.5 cm³/mol. The van der Waals surface area contributed by atoms with Crippen LogP contribution >= 0.6 is 0 Å². The number of ether oxygens (including phenoxy) is 1. The van der Waals surface area contributed by atoms with Gasteiger partial charge < -0.3 is 15.0 Å². The molecule has 0 aliphatic rings. The topological polar surface area (TPSA) is 36.9 Å².